The monoisotopic (exact) mass is 427 g/mol. The van der Waals surface area contributed by atoms with Gasteiger partial charge in [-0.3, -0.25) is 14.5 Å². The molecule has 31 heavy (non-hydrogen) atoms. The molecule has 1 saturated heterocycles. The van der Waals surface area contributed by atoms with Crippen molar-refractivity contribution in [3.05, 3.63) is 35.8 Å². The van der Waals surface area contributed by atoms with Gasteiger partial charge < -0.3 is 22.1 Å². The van der Waals surface area contributed by atoms with Crippen LogP contribution in [0, 0.1) is 5.82 Å². The van der Waals surface area contributed by atoms with E-state index in [9.17, 15) is 14.0 Å². The Bertz CT molecular complexity index is 982. The highest BCUT2D eigenvalue weighted by Gasteiger charge is 2.25. The van der Waals surface area contributed by atoms with Crippen LogP contribution < -0.4 is 27.0 Å². The van der Waals surface area contributed by atoms with Gasteiger partial charge in [-0.05, 0) is 37.5 Å². The van der Waals surface area contributed by atoms with E-state index >= 15 is 0 Å². The van der Waals surface area contributed by atoms with Gasteiger partial charge in [0.2, 0.25) is 5.91 Å². The predicted octanol–water partition coefficient (Wildman–Crippen LogP) is 2.27. The number of hydrogen-bond donors (Lipinski definition) is 4. The van der Waals surface area contributed by atoms with Crippen LogP contribution in [0.2, 0.25) is 0 Å². The molecule has 0 spiro atoms. The first-order chi connectivity index (χ1) is 14.9. The van der Waals surface area contributed by atoms with Crippen molar-refractivity contribution in [3.63, 3.8) is 0 Å². The zero-order valence-corrected chi connectivity index (χ0v) is 17.1. The average Bonchev–Trinajstić information content (AvgIpc) is 3.18. The number of nitrogens with zero attached hydrogens (tertiary/aromatic N) is 3. The molecule has 0 radical (unpaired) electrons. The van der Waals surface area contributed by atoms with Gasteiger partial charge in [-0.25, -0.2) is 14.4 Å². The summed E-state index contributed by atoms with van der Waals surface area (Å²) in [6.45, 7) is 0.641. The van der Waals surface area contributed by atoms with E-state index in [1.165, 1.54) is 6.20 Å². The van der Waals surface area contributed by atoms with Crippen LogP contribution in [0.4, 0.5) is 27.5 Å². The van der Waals surface area contributed by atoms with Gasteiger partial charge in [0.1, 0.15) is 11.6 Å². The van der Waals surface area contributed by atoms with Gasteiger partial charge in [0.05, 0.1) is 17.4 Å². The molecule has 9 nitrogen and oxygen atoms in total. The molecule has 2 atom stereocenters. The Balaban J connectivity index is 1.57. The summed E-state index contributed by atoms with van der Waals surface area (Å²) in [6.07, 6.45) is 6.60. The number of primary amides is 1. The lowest BCUT2D eigenvalue weighted by atomic mass is 9.91. The summed E-state index contributed by atoms with van der Waals surface area (Å²) in [6, 6.07) is 4.31. The van der Waals surface area contributed by atoms with Crippen molar-refractivity contribution in [3.8, 4) is 0 Å². The van der Waals surface area contributed by atoms with Crippen LogP contribution in [0.5, 0.6) is 0 Å². The van der Waals surface area contributed by atoms with Gasteiger partial charge in [0.25, 0.3) is 5.91 Å². The van der Waals surface area contributed by atoms with E-state index in [1.54, 1.807) is 17.0 Å². The standard InChI is InChI=1S/C21H26FN7O2/c22-14-10-13(19(24)31)20(28-21(14)27-16-5-2-1-4-15(16)23)26-12-7-8-17(25-11-12)29-9-3-6-18(29)30/h7-8,10-11,15-16H,1-6,9,23H2,(H2,24,31)(H2,26,27,28)/t15-,16?/m0/s1. The molecule has 2 fully saturated rings. The van der Waals surface area contributed by atoms with Crippen LogP contribution in [0.1, 0.15) is 48.9 Å². The molecule has 2 amide bonds. The third-order valence-electron chi connectivity index (χ3n) is 5.74. The Kier molecular flexibility index (Phi) is 5.99. The largest absolute Gasteiger partial charge is 0.365 e. The van der Waals surface area contributed by atoms with Crippen molar-refractivity contribution in [1.29, 1.82) is 0 Å². The fraction of sp³-hybridized carbons (Fsp3) is 0.429. The molecular formula is C21H26FN7O2. The predicted molar refractivity (Wildman–Crippen MR) is 116 cm³/mol. The summed E-state index contributed by atoms with van der Waals surface area (Å²) >= 11 is 0. The number of nitrogens with one attached hydrogen (secondary N) is 2. The average molecular weight is 427 g/mol. The smallest absolute Gasteiger partial charge is 0.252 e. The number of nitrogens with two attached hydrogens (primary N) is 2. The molecular weight excluding hydrogens is 401 g/mol. The lowest BCUT2D eigenvalue weighted by molar-refractivity contribution is -0.117. The third-order valence-corrected chi connectivity index (χ3v) is 5.74. The highest BCUT2D eigenvalue weighted by atomic mass is 19.1. The highest BCUT2D eigenvalue weighted by Crippen LogP contribution is 2.27. The normalized spacial score (nSPS) is 21.2. The lowest BCUT2D eigenvalue weighted by Gasteiger charge is -2.30. The van der Waals surface area contributed by atoms with E-state index < -0.39 is 11.7 Å². The van der Waals surface area contributed by atoms with Crippen molar-refractivity contribution in [2.24, 2.45) is 11.5 Å². The number of halogens is 1. The molecule has 10 heteroatoms. The van der Waals surface area contributed by atoms with Crippen molar-refractivity contribution in [2.75, 3.05) is 22.1 Å². The molecule has 1 unspecified atom stereocenters. The minimum atomic E-state index is -0.804. The fourth-order valence-electron chi connectivity index (χ4n) is 4.03. The summed E-state index contributed by atoms with van der Waals surface area (Å²) in [5.74, 6) is -0.736. The van der Waals surface area contributed by atoms with Gasteiger partial charge in [-0.15, -0.1) is 0 Å². The molecule has 2 aromatic heterocycles. The van der Waals surface area contributed by atoms with E-state index in [1.807, 2.05) is 0 Å². The first-order valence-corrected chi connectivity index (χ1v) is 10.5. The molecule has 0 aromatic carbocycles. The number of anilines is 4. The first kappa shape index (κ1) is 21.0. The van der Waals surface area contributed by atoms with Crippen LogP contribution in [-0.2, 0) is 4.79 Å². The number of aromatic nitrogens is 2. The molecule has 6 N–H and O–H groups in total. The van der Waals surface area contributed by atoms with Crippen LogP contribution in [-0.4, -0.2) is 40.4 Å². The number of carbonyl (C=O) groups excluding carboxylic acids is 2. The second kappa shape index (κ2) is 8.84. The van der Waals surface area contributed by atoms with Crippen molar-refractivity contribution >= 4 is 35.0 Å². The Morgan fingerprint density at radius 2 is 2.00 bits per heavy atom. The van der Waals surface area contributed by atoms with E-state index in [2.05, 4.69) is 20.6 Å². The van der Waals surface area contributed by atoms with Gasteiger partial charge >= 0.3 is 0 Å². The van der Waals surface area contributed by atoms with E-state index in [-0.39, 0.29) is 35.2 Å². The topological polar surface area (TPSA) is 139 Å². The summed E-state index contributed by atoms with van der Waals surface area (Å²) in [4.78, 5) is 34.0. The third kappa shape index (κ3) is 4.58. The Morgan fingerprint density at radius 3 is 2.65 bits per heavy atom. The SMILES string of the molecule is NC(=O)c1cc(F)c(NC2CCCC[C@@H]2N)nc1Nc1ccc(N2CCCC2=O)nc1. The molecule has 2 aromatic rings. The zero-order valence-electron chi connectivity index (χ0n) is 17.1. The number of pyridine rings is 2. The van der Waals surface area contributed by atoms with Crippen molar-refractivity contribution in [2.45, 2.75) is 50.6 Å². The molecule has 1 aliphatic carbocycles. The summed E-state index contributed by atoms with van der Waals surface area (Å²) < 4.78 is 14.6. The summed E-state index contributed by atoms with van der Waals surface area (Å²) in [5, 5.41) is 6.06. The van der Waals surface area contributed by atoms with E-state index in [0.29, 0.717) is 24.5 Å². The van der Waals surface area contributed by atoms with Crippen molar-refractivity contribution in [1.82, 2.24) is 9.97 Å². The first-order valence-electron chi connectivity index (χ1n) is 10.5. The van der Waals surface area contributed by atoms with Gasteiger partial charge in [0.15, 0.2) is 11.6 Å². The molecule has 1 aliphatic heterocycles. The van der Waals surface area contributed by atoms with Crippen molar-refractivity contribution < 1.29 is 14.0 Å². The summed E-state index contributed by atoms with van der Waals surface area (Å²) in [5.41, 5.74) is 12.0. The van der Waals surface area contributed by atoms with E-state index in [4.69, 9.17) is 11.5 Å². The molecule has 164 valence electrons. The molecule has 0 bridgehead atoms. The minimum absolute atomic E-state index is 0.0158. The Labute approximate surface area is 179 Å². The Morgan fingerprint density at radius 1 is 1.19 bits per heavy atom. The summed E-state index contributed by atoms with van der Waals surface area (Å²) in [7, 11) is 0. The van der Waals surface area contributed by atoms with Gasteiger partial charge in [-0.2, -0.15) is 0 Å². The lowest BCUT2D eigenvalue weighted by Crippen LogP contribution is -2.43. The highest BCUT2D eigenvalue weighted by molar-refractivity contribution is 5.98. The second-order valence-corrected chi connectivity index (χ2v) is 7.96. The number of hydrogen-bond acceptors (Lipinski definition) is 7. The second-order valence-electron chi connectivity index (χ2n) is 7.96. The number of rotatable bonds is 6. The molecule has 3 heterocycles. The number of carbonyl (C=O) groups is 2. The van der Waals surface area contributed by atoms with Crippen LogP contribution in [0.3, 0.4) is 0 Å². The van der Waals surface area contributed by atoms with Crippen LogP contribution in [0.15, 0.2) is 24.4 Å². The zero-order chi connectivity index (χ0) is 22.0. The maximum atomic E-state index is 14.6. The Hall–Kier alpha value is -3.27. The van der Waals surface area contributed by atoms with E-state index in [0.717, 1.165) is 38.2 Å². The van der Waals surface area contributed by atoms with Crippen LogP contribution >= 0.6 is 0 Å². The van der Waals surface area contributed by atoms with Gasteiger partial charge in [-0.1, -0.05) is 12.8 Å². The molecule has 1 saturated carbocycles. The van der Waals surface area contributed by atoms with Crippen LogP contribution in [0.25, 0.3) is 0 Å². The fourth-order valence-corrected chi connectivity index (χ4v) is 4.03. The minimum Gasteiger partial charge on any atom is -0.365 e. The van der Waals surface area contributed by atoms with Gasteiger partial charge in [0, 0.05) is 25.0 Å². The number of amides is 2. The molecule has 2 aliphatic rings. The molecule has 4 rings (SSSR count). The quantitative estimate of drug-likeness (QED) is 0.554. The maximum Gasteiger partial charge on any atom is 0.252 e. The maximum absolute atomic E-state index is 14.6.